The molecule has 0 fully saturated rings. The Morgan fingerprint density at radius 3 is 2.26 bits per heavy atom. The summed E-state index contributed by atoms with van der Waals surface area (Å²) >= 11 is 1.47. The summed E-state index contributed by atoms with van der Waals surface area (Å²) in [4.78, 5) is 9.13. The Kier molecular flexibility index (Phi) is 6.80. The van der Waals surface area contributed by atoms with Crippen molar-refractivity contribution in [3.63, 3.8) is 0 Å². The lowest BCUT2D eigenvalue weighted by atomic mass is 10.1. The van der Waals surface area contributed by atoms with Crippen LogP contribution in [0.1, 0.15) is 19.4 Å². The summed E-state index contributed by atoms with van der Waals surface area (Å²) in [5.74, 6) is 1.02. The van der Waals surface area contributed by atoms with E-state index in [0.717, 1.165) is 5.56 Å². The zero-order valence-corrected chi connectivity index (χ0v) is 18.8. The van der Waals surface area contributed by atoms with Gasteiger partial charge >= 0.3 is 0 Å². The standard InChI is InChI=1S/C21H21N5O3S2/c1-13(2)30-21-25-19(14-4-8-16(29-3)9-5-14)18(12-22)20(26-21)24-15-6-10-17(11-7-15)31(23,27)28/h4-11,13H,1-3H3,(H2,23,27,28)(H,24,25,26). The maximum Gasteiger partial charge on any atom is 0.238 e. The van der Waals surface area contributed by atoms with Gasteiger partial charge in [-0.25, -0.2) is 23.5 Å². The molecule has 3 N–H and O–H groups in total. The minimum atomic E-state index is -3.79. The van der Waals surface area contributed by atoms with Gasteiger partial charge in [0, 0.05) is 16.5 Å². The van der Waals surface area contributed by atoms with Crippen LogP contribution in [-0.4, -0.2) is 30.7 Å². The predicted molar refractivity (Wildman–Crippen MR) is 121 cm³/mol. The predicted octanol–water partition coefficient (Wildman–Crippen LogP) is 3.92. The quantitative estimate of drug-likeness (QED) is 0.405. The van der Waals surface area contributed by atoms with Crippen molar-refractivity contribution in [2.24, 2.45) is 5.14 Å². The number of primary sulfonamides is 1. The molecule has 3 rings (SSSR count). The molecular weight excluding hydrogens is 434 g/mol. The highest BCUT2D eigenvalue weighted by atomic mass is 32.2. The SMILES string of the molecule is COc1ccc(-c2nc(SC(C)C)nc(Nc3ccc(S(N)(=O)=O)cc3)c2C#N)cc1. The van der Waals surface area contributed by atoms with Crippen LogP contribution >= 0.6 is 11.8 Å². The third-order valence-electron chi connectivity index (χ3n) is 4.15. The summed E-state index contributed by atoms with van der Waals surface area (Å²) in [5, 5.41) is 18.9. The molecule has 31 heavy (non-hydrogen) atoms. The molecule has 0 unspecified atom stereocenters. The average molecular weight is 456 g/mol. The minimum Gasteiger partial charge on any atom is -0.497 e. The Morgan fingerprint density at radius 2 is 1.74 bits per heavy atom. The van der Waals surface area contributed by atoms with Gasteiger partial charge in [0.2, 0.25) is 10.0 Å². The summed E-state index contributed by atoms with van der Waals surface area (Å²) in [6, 6.07) is 15.3. The number of nitrogens with zero attached hydrogens (tertiary/aromatic N) is 3. The van der Waals surface area contributed by atoms with E-state index < -0.39 is 10.0 Å². The van der Waals surface area contributed by atoms with Crippen LogP contribution < -0.4 is 15.2 Å². The van der Waals surface area contributed by atoms with Gasteiger partial charge in [-0.15, -0.1) is 0 Å². The van der Waals surface area contributed by atoms with Gasteiger partial charge in [0.05, 0.1) is 17.7 Å². The number of benzene rings is 2. The van der Waals surface area contributed by atoms with Crippen LogP contribution in [0.2, 0.25) is 0 Å². The number of thioether (sulfide) groups is 1. The van der Waals surface area contributed by atoms with Crippen LogP contribution in [0.15, 0.2) is 58.6 Å². The van der Waals surface area contributed by atoms with E-state index in [1.54, 1.807) is 31.4 Å². The van der Waals surface area contributed by atoms with E-state index in [0.29, 0.717) is 28.1 Å². The lowest BCUT2D eigenvalue weighted by molar-refractivity contribution is 0.415. The highest BCUT2D eigenvalue weighted by Gasteiger charge is 2.18. The van der Waals surface area contributed by atoms with Gasteiger partial charge in [-0.1, -0.05) is 25.6 Å². The molecule has 0 aliphatic heterocycles. The Hall–Kier alpha value is -3.13. The minimum absolute atomic E-state index is 0.00350. The first-order chi connectivity index (χ1) is 14.7. The maximum absolute atomic E-state index is 11.5. The van der Waals surface area contributed by atoms with E-state index in [1.165, 1.54) is 23.9 Å². The number of sulfonamides is 1. The van der Waals surface area contributed by atoms with Gasteiger partial charge in [0.25, 0.3) is 0 Å². The summed E-state index contributed by atoms with van der Waals surface area (Å²) in [5.41, 5.74) is 2.07. The monoisotopic (exact) mass is 455 g/mol. The fourth-order valence-electron chi connectivity index (χ4n) is 2.72. The molecule has 1 aromatic heterocycles. The molecule has 0 aliphatic rings. The lowest BCUT2D eigenvalue weighted by Gasteiger charge is -2.14. The number of anilines is 2. The van der Waals surface area contributed by atoms with Crippen LogP contribution in [-0.2, 0) is 10.0 Å². The Labute approximate surface area is 185 Å². The van der Waals surface area contributed by atoms with Gasteiger partial charge in [0.15, 0.2) is 11.0 Å². The molecule has 3 aromatic rings. The molecule has 0 bridgehead atoms. The fraction of sp³-hybridized carbons (Fsp3) is 0.190. The third kappa shape index (κ3) is 5.52. The van der Waals surface area contributed by atoms with Crippen LogP contribution in [0.5, 0.6) is 5.75 Å². The van der Waals surface area contributed by atoms with Gasteiger partial charge < -0.3 is 10.1 Å². The molecule has 0 spiro atoms. The first-order valence-electron chi connectivity index (χ1n) is 9.24. The van der Waals surface area contributed by atoms with Crippen molar-refractivity contribution in [3.05, 3.63) is 54.1 Å². The number of aromatic nitrogens is 2. The normalized spacial score (nSPS) is 11.2. The molecule has 0 atom stereocenters. The van der Waals surface area contributed by atoms with E-state index in [4.69, 9.17) is 9.88 Å². The first kappa shape index (κ1) is 22.6. The van der Waals surface area contributed by atoms with Gasteiger partial charge in [0.1, 0.15) is 17.4 Å². The number of nitriles is 1. The highest BCUT2D eigenvalue weighted by Crippen LogP contribution is 2.32. The molecule has 0 saturated carbocycles. The lowest BCUT2D eigenvalue weighted by Crippen LogP contribution is -2.12. The second-order valence-corrected chi connectivity index (χ2v) is 9.88. The number of hydrogen-bond acceptors (Lipinski definition) is 8. The molecule has 0 saturated heterocycles. The number of nitrogens with two attached hydrogens (primary N) is 1. The van der Waals surface area contributed by atoms with Crippen molar-refractivity contribution in [1.29, 1.82) is 5.26 Å². The maximum atomic E-state index is 11.5. The molecule has 0 radical (unpaired) electrons. The van der Waals surface area contributed by atoms with Gasteiger partial charge in [-0.2, -0.15) is 5.26 Å². The average Bonchev–Trinajstić information content (AvgIpc) is 2.73. The Morgan fingerprint density at radius 1 is 1.10 bits per heavy atom. The van der Waals surface area contributed by atoms with Crippen molar-refractivity contribution < 1.29 is 13.2 Å². The summed E-state index contributed by atoms with van der Waals surface area (Å²) in [6.07, 6.45) is 0. The molecule has 10 heteroatoms. The molecule has 160 valence electrons. The molecule has 2 aromatic carbocycles. The Bertz CT molecular complexity index is 1220. The van der Waals surface area contributed by atoms with E-state index in [2.05, 4.69) is 21.4 Å². The number of hydrogen-bond donors (Lipinski definition) is 2. The second-order valence-electron chi connectivity index (χ2n) is 6.78. The number of methoxy groups -OCH3 is 1. The molecule has 0 aliphatic carbocycles. The van der Waals surface area contributed by atoms with Crippen LogP contribution in [0.3, 0.4) is 0 Å². The van der Waals surface area contributed by atoms with E-state index >= 15 is 0 Å². The zero-order valence-electron chi connectivity index (χ0n) is 17.2. The number of nitrogens with one attached hydrogen (secondary N) is 1. The van der Waals surface area contributed by atoms with Gasteiger partial charge in [-0.05, 0) is 48.5 Å². The molecule has 1 heterocycles. The first-order valence-corrected chi connectivity index (χ1v) is 11.7. The highest BCUT2D eigenvalue weighted by molar-refractivity contribution is 7.99. The second kappa shape index (κ2) is 9.34. The van der Waals surface area contributed by atoms with Crippen molar-refractivity contribution in [3.8, 4) is 23.1 Å². The number of ether oxygens (including phenoxy) is 1. The molecule has 8 nitrogen and oxygen atoms in total. The van der Waals surface area contributed by atoms with Crippen molar-refractivity contribution in [2.75, 3.05) is 12.4 Å². The topological polar surface area (TPSA) is 131 Å². The Balaban J connectivity index is 2.08. The number of rotatable bonds is 7. The molecule has 0 amide bonds. The van der Waals surface area contributed by atoms with Crippen molar-refractivity contribution in [1.82, 2.24) is 9.97 Å². The van der Waals surface area contributed by atoms with Gasteiger partial charge in [-0.3, -0.25) is 0 Å². The summed E-state index contributed by atoms with van der Waals surface area (Å²) in [7, 11) is -2.21. The molecular formula is C21H21N5O3S2. The van der Waals surface area contributed by atoms with E-state index in [9.17, 15) is 13.7 Å². The fourth-order valence-corrected chi connectivity index (χ4v) is 3.95. The van der Waals surface area contributed by atoms with Crippen LogP contribution in [0, 0.1) is 11.3 Å². The summed E-state index contributed by atoms with van der Waals surface area (Å²) < 4.78 is 28.2. The zero-order chi connectivity index (χ0) is 22.6. The summed E-state index contributed by atoms with van der Waals surface area (Å²) in [6.45, 7) is 4.05. The van der Waals surface area contributed by atoms with Crippen LogP contribution in [0.4, 0.5) is 11.5 Å². The van der Waals surface area contributed by atoms with Crippen molar-refractivity contribution in [2.45, 2.75) is 29.1 Å². The van der Waals surface area contributed by atoms with Crippen molar-refractivity contribution >= 4 is 33.3 Å². The van der Waals surface area contributed by atoms with E-state index in [1.807, 2.05) is 26.0 Å². The van der Waals surface area contributed by atoms with E-state index in [-0.39, 0.29) is 15.7 Å². The third-order valence-corrected chi connectivity index (χ3v) is 5.94. The smallest absolute Gasteiger partial charge is 0.238 e. The van der Waals surface area contributed by atoms with Crippen LogP contribution in [0.25, 0.3) is 11.3 Å². The largest absolute Gasteiger partial charge is 0.497 e.